The van der Waals surface area contributed by atoms with Gasteiger partial charge < -0.3 is 10.4 Å². The minimum Gasteiger partial charge on any atom is -0.481 e. The normalized spacial score (nSPS) is 27.3. The quantitative estimate of drug-likeness (QED) is 0.779. The summed E-state index contributed by atoms with van der Waals surface area (Å²) in [5.74, 6) is -0.957. The summed E-state index contributed by atoms with van der Waals surface area (Å²) >= 11 is 0. The minimum atomic E-state index is -3.01. The van der Waals surface area contributed by atoms with Gasteiger partial charge in [0.15, 0.2) is 9.84 Å². The van der Waals surface area contributed by atoms with Crippen LogP contribution in [-0.4, -0.2) is 42.9 Å². The van der Waals surface area contributed by atoms with Gasteiger partial charge in [0.2, 0.25) is 5.91 Å². The van der Waals surface area contributed by atoms with E-state index < -0.39 is 21.2 Å². The van der Waals surface area contributed by atoms with Crippen LogP contribution in [0.2, 0.25) is 0 Å². The molecule has 0 bridgehead atoms. The molecule has 1 amide bonds. The van der Waals surface area contributed by atoms with Gasteiger partial charge in [-0.2, -0.15) is 0 Å². The number of nitrogens with one attached hydrogen (secondary N) is 1. The zero-order valence-corrected chi connectivity index (χ0v) is 12.2. The van der Waals surface area contributed by atoms with E-state index in [9.17, 15) is 18.0 Å². The molecule has 1 saturated heterocycles. The zero-order chi connectivity index (χ0) is 14.8. The zero-order valence-electron chi connectivity index (χ0n) is 11.4. The molecule has 2 rings (SSSR count). The Bertz CT molecular complexity index is 493. The highest BCUT2D eigenvalue weighted by Crippen LogP contribution is 2.44. The molecule has 2 fully saturated rings. The molecule has 2 N–H and O–H groups in total. The number of hydrogen-bond donors (Lipinski definition) is 2. The third kappa shape index (κ3) is 3.94. The number of carbonyl (C=O) groups excluding carboxylic acids is 1. The van der Waals surface area contributed by atoms with Crippen molar-refractivity contribution in [2.75, 3.05) is 11.5 Å². The van der Waals surface area contributed by atoms with Gasteiger partial charge in [0.05, 0.1) is 17.9 Å². The molecule has 114 valence electrons. The highest BCUT2D eigenvalue weighted by atomic mass is 32.2. The van der Waals surface area contributed by atoms with Crippen molar-refractivity contribution < 1.29 is 23.1 Å². The van der Waals surface area contributed by atoms with Crippen molar-refractivity contribution in [3.8, 4) is 0 Å². The maximum Gasteiger partial charge on any atom is 0.303 e. The summed E-state index contributed by atoms with van der Waals surface area (Å²) in [4.78, 5) is 23.0. The molecule has 1 atom stereocenters. The Hall–Kier alpha value is -1.11. The number of sulfone groups is 1. The van der Waals surface area contributed by atoms with Gasteiger partial charge in [-0.1, -0.05) is 12.8 Å². The molecule has 1 aliphatic carbocycles. The van der Waals surface area contributed by atoms with E-state index in [1.165, 1.54) is 0 Å². The summed E-state index contributed by atoms with van der Waals surface area (Å²) in [6.45, 7) is 0. The Morgan fingerprint density at radius 2 is 1.85 bits per heavy atom. The highest BCUT2D eigenvalue weighted by Gasteiger charge is 2.39. The standard InChI is InChI=1S/C13H21NO5S/c15-11(14-10-3-6-20(18,19)9-10)7-13(8-12(16)17)4-1-2-5-13/h10H,1-9H2,(H,14,15)(H,16,17). The highest BCUT2D eigenvalue weighted by molar-refractivity contribution is 7.91. The van der Waals surface area contributed by atoms with Crippen molar-refractivity contribution in [1.29, 1.82) is 0 Å². The average Bonchev–Trinajstić information content (AvgIpc) is 2.85. The van der Waals surface area contributed by atoms with Crippen molar-refractivity contribution in [3.05, 3.63) is 0 Å². The van der Waals surface area contributed by atoms with Crippen LogP contribution in [0.25, 0.3) is 0 Å². The molecule has 0 aromatic carbocycles. The number of amides is 1. The van der Waals surface area contributed by atoms with Crippen LogP contribution in [0.4, 0.5) is 0 Å². The second-order valence-corrected chi connectivity index (χ2v) is 8.35. The molecular weight excluding hydrogens is 282 g/mol. The summed E-state index contributed by atoms with van der Waals surface area (Å²) in [6, 6.07) is -0.309. The number of carbonyl (C=O) groups is 2. The number of carboxylic acid groups (broad SMARTS) is 1. The molecule has 20 heavy (non-hydrogen) atoms. The van der Waals surface area contributed by atoms with Gasteiger partial charge in [-0.3, -0.25) is 9.59 Å². The van der Waals surface area contributed by atoms with E-state index in [0.29, 0.717) is 6.42 Å². The summed E-state index contributed by atoms with van der Waals surface area (Å²) in [7, 11) is -3.01. The van der Waals surface area contributed by atoms with Crippen LogP contribution in [0.15, 0.2) is 0 Å². The first-order chi connectivity index (χ1) is 9.30. The largest absolute Gasteiger partial charge is 0.481 e. The molecule has 1 unspecified atom stereocenters. The molecule has 0 radical (unpaired) electrons. The second kappa shape index (κ2) is 5.71. The molecule has 2 aliphatic rings. The SMILES string of the molecule is O=C(O)CC1(CC(=O)NC2CCS(=O)(=O)C2)CCCC1. The second-order valence-electron chi connectivity index (χ2n) is 6.12. The maximum absolute atomic E-state index is 12.1. The molecule has 0 spiro atoms. The molecule has 1 saturated carbocycles. The van der Waals surface area contributed by atoms with Crippen LogP contribution in [0, 0.1) is 5.41 Å². The lowest BCUT2D eigenvalue weighted by molar-refractivity contribution is -0.140. The third-order valence-corrected chi connectivity index (χ3v) is 6.09. The first-order valence-corrected chi connectivity index (χ1v) is 8.84. The van der Waals surface area contributed by atoms with Gasteiger partial charge >= 0.3 is 5.97 Å². The van der Waals surface area contributed by atoms with E-state index in [0.717, 1.165) is 25.7 Å². The average molecular weight is 303 g/mol. The smallest absolute Gasteiger partial charge is 0.303 e. The van der Waals surface area contributed by atoms with Gasteiger partial charge in [0.1, 0.15) is 0 Å². The fraction of sp³-hybridized carbons (Fsp3) is 0.846. The van der Waals surface area contributed by atoms with Gasteiger partial charge in [0.25, 0.3) is 0 Å². The molecule has 7 heteroatoms. The number of aliphatic carboxylic acids is 1. The van der Waals surface area contributed by atoms with E-state index in [4.69, 9.17) is 5.11 Å². The Morgan fingerprint density at radius 3 is 2.35 bits per heavy atom. The lowest BCUT2D eigenvalue weighted by Crippen LogP contribution is -2.39. The molecule has 0 aromatic heterocycles. The van der Waals surface area contributed by atoms with Crippen LogP contribution < -0.4 is 5.32 Å². The van der Waals surface area contributed by atoms with E-state index in [2.05, 4.69) is 5.32 Å². The third-order valence-electron chi connectivity index (χ3n) is 4.32. The molecule has 1 aliphatic heterocycles. The monoisotopic (exact) mass is 303 g/mol. The van der Waals surface area contributed by atoms with Crippen LogP contribution in [-0.2, 0) is 19.4 Å². The topological polar surface area (TPSA) is 101 Å². The molecule has 1 heterocycles. The van der Waals surface area contributed by atoms with Crippen LogP contribution >= 0.6 is 0 Å². The van der Waals surface area contributed by atoms with Gasteiger partial charge in [-0.15, -0.1) is 0 Å². The number of rotatable bonds is 5. The lowest BCUT2D eigenvalue weighted by Gasteiger charge is -2.27. The first kappa shape index (κ1) is 15.3. The van der Waals surface area contributed by atoms with E-state index in [1.54, 1.807) is 0 Å². The van der Waals surface area contributed by atoms with Crippen molar-refractivity contribution in [2.45, 2.75) is 51.0 Å². The fourth-order valence-corrected chi connectivity index (χ4v) is 5.06. The predicted octanol–water partition coefficient (Wildman–Crippen LogP) is 0.715. The molecular formula is C13H21NO5S. The van der Waals surface area contributed by atoms with Gasteiger partial charge in [-0.25, -0.2) is 8.42 Å². The van der Waals surface area contributed by atoms with Crippen molar-refractivity contribution in [2.24, 2.45) is 5.41 Å². The number of hydrogen-bond acceptors (Lipinski definition) is 4. The Labute approximate surface area is 118 Å². The van der Waals surface area contributed by atoms with Crippen LogP contribution in [0.5, 0.6) is 0 Å². The van der Waals surface area contributed by atoms with Crippen molar-refractivity contribution in [1.82, 2.24) is 5.32 Å². The summed E-state index contributed by atoms with van der Waals surface area (Å²) in [5, 5.41) is 11.7. The first-order valence-electron chi connectivity index (χ1n) is 7.02. The van der Waals surface area contributed by atoms with Gasteiger partial charge in [-0.05, 0) is 24.7 Å². The van der Waals surface area contributed by atoms with Gasteiger partial charge in [0, 0.05) is 12.5 Å². The Kier molecular flexibility index (Phi) is 4.36. The molecule has 6 nitrogen and oxygen atoms in total. The number of carboxylic acids is 1. The van der Waals surface area contributed by atoms with E-state index >= 15 is 0 Å². The predicted molar refractivity (Wildman–Crippen MR) is 73.0 cm³/mol. The van der Waals surface area contributed by atoms with E-state index in [-0.39, 0.29) is 36.3 Å². The van der Waals surface area contributed by atoms with Crippen molar-refractivity contribution >= 4 is 21.7 Å². The van der Waals surface area contributed by atoms with E-state index in [1.807, 2.05) is 0 Å². The lowest BCUT2D eigenvalue weighted by atomic mass is 9.79. The summed E-state index contributed by atoms with van der Waals surface area (Å²) in [5.41, 5.74) is -0.437. The van der Waals surface area contributed by atoms with Crippen LogP contribution in [0.3, 0.4) is 0 Å². The summed E-state index contributed by atoms with van der Waals surface area (Å²) in [6.07, 6.45) is 4.10. The fourth-order valence-electron chi connectivity index (χ4n) is 3.39. The van der Waals surface area contributed by atoms with Crippen molar-refractivity contribution in [3.63, 3.8) is 0 Å². The minimum absolute atomic E-state index is 0.00463. The van der Waals surface area contributed by atoms with Crippen LogP contribution in [0.1, 0.15) is 44.9 Å². The molecule has 0 aromatic rings. The maximum atomic E-state index is 12.1. The Balaban J connectivity index is 1.91. The summed E-state index contributed by atoms with van der Waals surface area (Å²) < 4.78 is 22.7. The Morgan fingerprint density at radius 1 is 1.20 bits per heavy atom.